The Balaban J connectivity index is 1.95. The van der Waals surface area contributed by atoms with Crippen molar-refractivity contribution in [2.45, 2.75) is 0 Å². The molecule has 1 fully saturated rings. The summed E-state index contributed by atoms with van der Waals surface area (Å²) in [6.45, 7) is 3.73. The fourth-order valence-corrected chi connectivity index (χ4v) is 4.42. The minimum Gasteiger partial charge on any atom is -0.411 e. The van der Waals surface area contributed by atoms with Crippen LogP contribution in [0, 0.1) is 0 Å². The lowest BCUT2D eigenvalue weighted by Crippen LogP contribution is -2.43. The molecule has 0 atom stereocenters. The van der Waals surface area contributed by atoms with E-state index in [1.54, 1.807) is 6.79 Å². The number of nitrogens with one attached hydrogen (secondary N) is 2. The lowest BCUT2D eigenvalue weighted by atomic mass is 10.2. The summed E-state index contributed by atoms with van der Waals surface area (Å²) in [6, 6.07) is 5.91. The second kappa shape index (κ2) is 7.71. The van der Waals surface area contributed by atoms with Crippen molar-refractivity contribution in [3.63, 3.8) is 0 Å². The molecule has 1 saturated heterocycles. The average molecular weight is 445 g/mol. The van der Waals surface area contributed by atoms with Crippen LogP contribution in [0.15, 0.2) is 40.1 Å². The Morgan fingerprint density at radius 3 is 2.92 bits per heavy atom. The van der Waals surface area contributed by atoms with Crippen LogP contribution in [0.1, 0.15) is 0 Å². The molecule has 3 rings (SSSR count). The summed E-state index contributed by atoms with van der Waals surface area (Å²) in [5, 5.41) is 14.2. The van der Waals surface area contributed by atoms with E-state index in [-0.39, 0.29) is 5.69 Å². The van der Waals surface area contributed by atoms with E-state index in [1.807, 2.05) is 18.2 Å². The van der Waals surface area contributed by atoms with E-state index in [0.717, 1.165) is 42.9 Å². The van der Waals surface area contributed by atoms with Crippen molar-refractivity contribution in [3.8, 4) is 0 Å². The van der Waals surface area contributed by atoms with Crippen LogP contribution in [0.5, 0.6) is 0 Å². The zero-order valence-corrected chi connectivity index (χ0v) is 14.9. The number of rotatable bonds is 4. The van der Waals surface area contributed by atoms with Crippen molar-refractivity contribution in [1.29, 1.82) is 0 Å². The first-order valence-electron chi connectivity index (χ1n) is 7.40. The molecule has 0 aliphatic carbocycles. The number of nitrogens with zero attached hydrogens (tertiary/aromatic N) is 3. The summed E-state index contributed by atoms with van der Waals surface area (Å²) < 4.78 is 16.4. The van der Waals surface area contributed by atoms with Gasteiger partial charge >= 0.3 is 5.69 Å². The van der Waals surface area contributed by atoms with Gasteiger partial charge in [-0.3, -0.25) is 0 Å². The SMILES string of the molecule is O=c1[nH]c2ccc(N3CCNCC3)cc2n1I=C/C=C(F)\C=N\O. The Morgan fingerprint density at radius 1 is 1.38 bits per heavy atom. The molecular weight excluding hydrogens is 428 g/mol. The maximum atomic E-state index is 13.2. The van der Waals surface area contributed by atoms with Gasteiger partial charge in [-0.1, -0.05) is 5.16 Å². The summed E-state index contributed by atoms with van der Waals surface area (Å²) in [6.07, 6.45) is 1.92. The minimum atomic E-state index is -0.879. The van der Waals surface area contributed by atoms with Gasteiger partial charge in [0, 0.05) is 52.9 Å². The van der Waals surface area contributed by atoms with Crippen molar-refractivity contribution in [3.05, 3.63) is 40.6 Å². The largest absolute Gasteiger partial charge is 0.411 e. The number of fused-ring (bicyclic) bond motifs is 1. The quantitative estimate of drug-likeness (QED) is 0.289. The molecule has 3 N–H and O–H groups in total. The number of aromatic nitrogens is 2. The third kappa shape index (κ3) is 3.73. The number of anilines is 1. The molecule has 1 aliphatic heterocycles. The van der Waals surface area contributed by atoms with E-state index in [0.29, 0.717) is 6.21 Å². The highest BCUT2D eigenvalue weighted by Crippen LogP contribution is 2.23. The summed E-state index contributed by atoms with van der Waals surface area (Å²) in [5.74, 6) is -0.661. The normalized spacial score (nSPS) is 17.0. The van der Waals surface area contributed by atoms with E-state index in [4.69, 9.17) is 5.21 Å². The molecule has 0 unspecified atom stereocenters. The van der Waals surface area contributed by atoms with Crippen molar-refractivity contribution >= 4 is 48.0 Å². The van der Waals surface area contributed by atoms with Crippen molar-refractivity contribution in [2.24, 2.45) is 5.16 Å². The van der Waals surface area contributed by atoms with Crippen LogP contribution in [0.2, 0.25) is 0 Å². The number of halogens is 2. The van der Waals surface area contributed by atoms with E-state index in [9.17, 15) is 9.18 Å². The molecule has 9 heteroatoms. The number of benzene rings is 1. The Labute approximate surface area is 147 Å². The van der Waals surface area contributed by atoms with Gasteiger partial charge in [-0.2, -0.15) is 0 Å². The van der Waals surface area contributed by atoms with Gasteiger partial charge in [0.25, 0.3) is 0 Å². The number of hydrogen-bond donors (Lipinski definition) is 3. The van der Waals surface area contributed by atoms with Gasteiger partial charge in [-0.05, 0) is 28.3 Å². The Hall–Kier alpha value is -2.01. The summed E-state index contributed by atoms with van der Waals surface area (Å²) in [5.41, 5.74) is 2.48. The molecule has 0 radical (unpaired) electrons. The van der Waals surface area contributed by atoms with Crippen molar-refractivity contribution in [2.75, 3.05) is 31.1 Å². The van der Waals surface area contributed by atoms with Gasteiger partial charge in [0.2, 0.25) is 0 Å². The Kier molecular flexibility index (Phi) is 5.41. The lowest BCUT2D eigenvalue weighted by Gasteiger charge is -2.29. The molecule has 1 aromatic heterocycles. The standard InChI is InChI=1S/C15H17FIN5O2/c16-11(10-19-24)3-4-17-22-14-9-12(21-7-5-18-6-8-21)1-2-13(14)20-15(22)23/h1-4,9-10,18,24H,5-8H2,(H,20,23)/b11-3+,19-10+. The van der Waals surface area contributed by atoms with Gasteiger partial charge in [0.1, 0.15) is 12.0 Å². The number of H-pyrrole nitrogens is 1. The van der Waals surface area contributed by atoms with Gasteiger partial charge in [-0.25, -0.2) is 12.0 Å². The number of imidazole rings is 1. The molecule has 7 nitrogen and oxygen atoms in total. The van der Waals surface area contributed by atoms with Gasteiger partial charge < -0.3 is 20.4 Å². The fourth-order valence-electron chi connectivity index (χ4n) is 2.52. The van der Waals surface area contributed by atoms with Gasteiger partial charge in [0.15, 0.2) is 0 Å². The highest BCUT2D eigenvalue weighted by Gasteiger charge is 2.12. The predicted molar refractivity (Wildman–Crippen MR) is 103 cm³/mol. The molecule has 0 saturated carbocycles. The first-order chi connectivity index (χ1) is 11.7. The highest BCUT2D eigenvalue weighted by atomic mass is 127. The Bertz CT molecular complexity index is 864. The van der Waals surface area contributed by atoms with E-state index in [2.05, 4.69) is 20.4 Å². The van der Waals surface area contributed by atoms with Crippen LogP contribution in [-0.4, -0.2) is 49.4 Å². The third-order valence-electron chi connectivity index (χ3n) is 3.65. The maximum absolute atomic E-state index is 13.2. The van der Waals surface area contributed by atoms with Crippen LogP contribution in [-0.2, 0) is 0 Å². The molecular formula is C15H17FIN5O2. The summed E-state index contributed by atoms with van der Waals surface area (Å²) in [7, 11) is 0. The zero-order valence-electron chi connectivity index (χ0n) is 12.7. The Morgan fingerprint density at radius 2 is 2.17 bits per heavy atom. The second-order valence-corrected chi connectivity index (χ2v) is 7.41. The molecule has 1 aromatic carbocycles. The summed E-state index contributed by atoms with van der Waals surface area (Å²) >= 11 is -0.879. The second-order valence-electron chi connectivity index (χ2n) is 5.17. The van der Waals surface area contributed by atoms with Gasteiger partial charge in [-0.15, -0.1) is 0 Å². The summed E-state index contributed by atoms with van der Waals surface area (Å²) in [4.78, 5) is 17.2. The topological polar surface area (TPSA) is 85.7 Å². The van der Waals surface area contributed by atoms with Crippen LogP contribution < -0.4 is 15.9 Å². The van der Waals surface area contributed by atoms with E-state index < -0.39 is 26.8 Å². The molecule has 0 spiro atoms. The monoisotopic (exact) mass is 445 g/mol. The number of piperazine rings is 1. The number of hydrogen-bond acceptors (Lipinski definition) is 5. The van der Waals surface area contributed by atoms with Crippen LogP contribution in [0.4, 0.5) is 10.1 Å². The fraction of sp³-hybridized carbons (Fsp3) is 0.267. The highest BCUT2D eigenvalue weighted by molar-refractivity contribution is 14.2. The zero-order chi connectivity index (χ0) is 16.9. The smallest absolute Gasteiger partial charge is 0.335 e. The molecule has 2 aromatic rings. The minimum absolute atomic E-state index is 0.198. The molecule has 2 heterocycles. The number of allylic oxidation sites excluding steroid dienone is 2. The molecule has 0 amide bonds. The lowest BCUT2D eigenvalue weighted by molar-refractivity contribution is 0.320. The molecule has 1 aliphatic rings. The van der Waals surface area contributed by atoms with Crippen molar-refractivity contribution in [1.82, 2.24) is 13.1 Å². The average Bonchev–Trinajstić information content (AvgIpc) is 2.91. The number of oxime groups is 1. The molecule has 24 heavy (non-hydrogen) atoms. The first kappa shape index (κ1) is 16.8. The van der Waals surface area contributed by atoms with Crippen LogP contribution in [0.3, 0.4) is 0 Å². The molecule has 0 bridgehead atoms. The van der Waals surface area contributed by atoms with Crippen LogP contribution in [0.25, 0.3) is 11.0 Å². The van der Waals surface area contributed by atoms with Crippen molar-refractivity contribution < 1.29 is 9.60 Å². The van der Waals surface area contributed by atoms with Gasteiger partial charge in [0.05, 0.1) is 11.0 Å². The maximum Gasteiger partial charge on any atom is 0.335 e. The predicted octanol–water partition coefficient (Wildman–Crippen LogP) is 1.59. The van der Waals surface area contributed by atoms with E-state index >= 15 is 0 Å². The number of aromatic amines is 1. The first-order valence-corrected chi connectivity index (χ1v) is 9.61. The van der Waals surface area contributed by atoms with Crippen LogP contribution >= 0.6 is 21.0 Å². The van der Waals surface area contributed by atoms with E-state index in [1.165, 1.54) is 6.08 Å². The third-order valence-corrected chi connectivity index (χ3v) is 5.85. The molecule has 128 valence electrons.